The predicted molar refractivity (Wildman–Crippen MR) is 51.6 cm³/mol. The molecule has 0 saturated carbocycles. The SMILES string of the molecule is C[C@H](O)CNc1ccccc1C(F)(F)F. The number of para-hydroxylation sites is 1. The minimum Gasteiger partial charge on any atom is -0.392 e. The number of rotatable bonds is 3. The first-order valence-corrected chi connectivity index (χ1v) is 4.49. The number of hydrogen-bond acceptors (Lipinski definition) is 2. The highest BCUT2D eigenvalue weighted by Gasteiger charge is 2.32. The van der Waals surface area contributed by atoms with E-state index in [0.717, 1.165) is 6.07 Å². The fourth-order valence-electron chi connectivity index (χ4n) is 1.14. The molecule has 2 nitrogen and oxygen atoms in total. The molecule has 0 radical (unpaired) electrons. The lowest BCUT2D eigenvalue weighted by Gasteiger charge is -2.15. The molecule has 0 aromatic heterocycles. The van der Waals surface area contributed by atoms with Crippen LogP contribution >= 0.6 is 0 Å². The molecule has 15 heavy (non-hydrogen) atoms. The van der Waals surface area contributed by atoms with Crippen LogP contribution in [-0.4, -0.2) is 17.8 Å². The van der Waals surface area contributed by atoms with Crippen LogP contribution in [0.25, 0.3) is 0 Å². The van der Waals surface area contributed by atoms with Crippen molar-refractivity contribution in [1.82, 2.24) is 0 Å². The van der Waals surface area contributed by atoms with Crippen LogP contribution in [0.4, 0.5) is 18.9 Å². The lowest BCUT2D eigenvalue weighted by Crippen LogP contribution is -2.18. The van der Waals surface area contributed by atoms with Gasteiger partial charge < -0.3 is 10.4 Å². The first-order chi connectivity index (χ1) is 6.91. The van der Waals surface area contributed by atoms with Gasteiger partial charge in [0.1, 0.15) is 0 Å². The number of nitrogens with one attached hydrogen (secondary N) is 1. The Balaban J connectivity index is 2.87. The summed E-state index contributed by atoms with van der Waals surface area (Å²) < 4.78 is 37.4. The largest absolute Gasteiger partial charge is 0.418 e. The van der Waals surface area contributed by atoms with Crippen molar-refractivity contribution in [2.75, 3.05) is 11.9 Å². The standard InChI is InChI=1S/C10H12F3NO/c1-7(15)6-14-9-5-3-2-4-8(9)10(11,12)13/h2-5,7,14-15H,6H2,1H3/t7-/m0/s1. The molecule has 0 saturated heterocycles. The zero-order chi connectivity index (χ0) is 11.5. The maximum Gasteiger partial charge on any atom is 0.418 e. The Hall–Kier alpha value is -1.23. The Morgan fingerprint density at radius 3 is 2.47 bits per heavy atom. The van der Waals surface area contributed by atoms with E-state index < -0.39 is 17.8 Å². The van der Waals surface area contributed by atoms with E-state index in [9.17, 15) is 13.2 Å². The van der Waals surface area contributed by atoms with Crippen molar-refractivity contribution >= 4 is 5.69 Å². The van der Waals surface area contributed by atoms with Crippen LogP contribution in [0.1, 0.15) is 12.5 Å². The van der Waals surface area contributed by atoms with Crippen LogP contribution in [0, 0.1) is 0 Å². The predicted octanol–water partition coefficient (Wildman–Crippen LogP) is 2.50. The number of benzene rings is 1. The van der Waals surface area contributed by atoms with Crippen LogP contribution in [0.15, 0.2) is 24.3 Å². The summed E-state index contributed by atoms with van der Waals surface area (Å²) >= 11 is 0. The van der Waals surface area contributed by atoms with Crippen molar-refractivity contribution in [2.24, 2.45) is 0 Å². The Kier molecular flexibility index (Phi) is 3.57. The third-order valence-electron chi connectivity index (χ3n) is 1.82. The summed E-state index contributed by atoms with van der Waals surface area (Å²) in [6.45, 7) is 1.59. The summed E-state index contributed by atoms with van der Waals surface area (Å²) in [6, 6.07) is 5.19. The molecule has 0 spiro atoms. The molecule has 5 heteroatoms. The van der Waals surface area contributed by atoms with E-state index in [2.05, 4.69) is 5.32 Å². The van der Waals surface area contributed by atoms with Gasteiger partial charge in [0, 0.05) is 12.2 Å². The van der Waals surface area contributed by atoms with Gasteiger partial charge in [-0.15, -0.1) is 0 Å². The van der Waals surface area contributed by atoms with Crippen LogP contribution < -0.4 is 5.32 Å². The van der Waals surface area contributed by atoms with Crippen LogP contribution in [0.2, 0.25) is 0 Å². The highest BCUT2D eigenvalue weighted by Crippen LogP contribution is 2.34. The summed E-state index contributed by atoms with van der Waals surface area (Å²) in [5, 5.41) is 11.5. The van der Waals surface area contributed by atoms with Crippen LogP contribution in [0.5, 0.6) is 0 Å². The lowest BCUT2D eigenvalue weighted by molar-refractivity contribution is -0.137. The average molecular weight is 219 g/mol. The molecule has 1 aromatic carbocycles. The molecule has 1 rings (SSSR count). The minimum absolute atomic E-state index is 0.00843. The molecule has 0 heterocycles. The summed E-state index contributed by atoms with van der Waals surface area (Å²) in [5.74, 6) is 0. The second kappa shape index (κ2) is 4.53. The molecule has 1 aromatic rings. The van der Waals surface area contributed by atoms with Crippen LogP contribution in [-0.2, 0) is 6.18 Å². The lowest BCUT2D eigenvalue weighted by atomic mass is 10.1. The van der Waals surface area contributed by atoms with Gasteiger partial charge in [-0.25, -0.2) is 0 Å². The van der Waals surface area contributed by atoms with Gasteiger partial charge in [0.15, 0.2) is 0 Å². The van der Waals surface area contributed by atoms with Gasteiger partial charge in [-0.1, -0.05) is 12.1 Å². The van der Waals surface area contributed by atoms with Gasteiger partial charge in [-0.2, -0.15) is 13.2 Å². The van der Waals surface area contributed by atoms with Crippen molar-refractivity contribution < 1.29 is 18.3 Å². The fourth-order valence-corrected chi connectivity index (χ4v) is 1.14. The second-order valence-corrected chi connectivity index (χ2v) is 3.27. The molecule has 0 aliphatic rings. The van der Waals surface area contributed by atoms with E-state index >= 15 is 0 Å². The molecule has 0 fully saturated rings. The van der Waals surface area contributed by atoms with Gasteiger partial charge >= 0.3 is 6.18 Å². The molecular formula is C10H12F3NO. The Morgan fingerprint density at radius 1 is 1.33 bits per heavy atom. The molecule has 0 amide bonds. The molecule has 84 valence electrons. The topological polar surface area (TPSA) is 32.3 Å². The molecule has 0 unspecified atom stereocenters. The third kappa shape index (κ3) is 3.43. The Bertz CT molecular complexity index is 323. The fraction of sp³-hybridized carbons (Fsp3) is 0.400. The molecule has 0 bridgehead atoms. The maximum atomic E-state index is 12.5. The number of aliphatic hydroxyl groups is 1. The Labute approximate surface area is 85.7 Å². The van der Waals surface area contributed by atoms with E-state index in [0.29, 0.717) is 0 Å². The summed E-state index contributed by atoms with van der Waals surface area (Å²) in [4.78, 5) is 0. The molecule has 1 atom stereocenters. The minimum atomic E-state index is -4.37. The number of hydrogen-bond donors (Lipinski definition) is 2. The highest BCUT2D eigenvalue weighted by molar-refractivity contribution is 5.52. The van der Waals surface area contributed by atoms with Gasteiger partial charge in [-0.3, -0.25) is 0 Å². The van der Waals surface area contributed by atoms with Crippen molar-refractivity contribution in [2.45, 2.75) is 19.2 Å². The first kappa shape index (κ1) is 11.8. The van der Waals surface area contributed by atoms with E-state index in [4.69, 9.17) is 5.11 Å². The van der Waals surface area contributed by atoms with E-state index in [1.54, 1.807) is 0 Å². The summed E-state index contributed by atoms with van der Waals surface area (Å²) in [7, 11) is 0. The molecular weight excluding hydrogens is 207 g/mol. The summed E-state index contributed by atoms with van der Waals surface area (Å²) in [5.41, 5.74) is -0.725. The van der Waals surface area contributed by atoms with Gasteiger partial charge in [0.05, 0.1) is 11.7 Å². The van der Waals surface area contributed by atoms with Gasteiger partial charge in [0.25, 0.3) is 0 Å². The van der Waals surface area contributed by atoms with E-state index in [-0.39, 0.29) is 12.2 Å². The van der Waals surface area contributed by atoms with Crippen molar-refractivity contribution in [3.63, 3.8) is 0 Å². The number of halogens is 3. The normalized spacial score (nSPS) is 13.7. The number of alkyl halides is 3. The number of anilines is 1. The van der Waals surface area contributed by atoms with Crippen molar-refractivity contribution in [1.29, 1.82) is 0 Å². The quantitative estimate of drug-likeness (QED) is 0.818. The van der Waals surface area contributed by atoms with E-state index in [1.165, 1.54) is 25.1 Å². The maximum absolute atomic E-state index is 12.5. The highest BCUT2D eigenvalue weighted by atomic mass is 19.4. The Morgan fingerprint density at radius 2 is 1.93 bits per heavy atom. The third-order valence-corrected chi connectivity index (χ3v) is 1.82. The average Bonchev–Trinajstić information content (AvgIpc) is 2.13. The van der Waals surface area contributed by atoms with Crippen molar-refractivity contribution in [3.05, 3.63) is 29.8 Å². The monoisotopic (exact) mass is 219 g/mol. The zero-order valence-electron chi connectivity index (χ0n) is 8.17. The zero-order valence-corrected chi connectivity index (χ0v) is 8.17. The second-order valence-electron chi connectivity index (χ2n) is 3.27. The van der Waals surface area contributed by atoms with E-state index in [1.807, 2.05) is 0 Å². The van der Waals surface area contributed by atoms with Crippen LogP contribution in [0.3, 0.4) is 0 Å². The first-order valence-electron chi connectivity index (χ1n) is 4.49. The molecule has 0 aliphatic heterocycles. The van der Waals surface area contributed by atoms with Gasteiger partial charge in [0.2, 0.25) is 0 Å². The molecule has 0 aliphatic carbocycles. The van der Waals surface area contributed by atoms with Crippen molar-refractivity contribution in [3.8, 4) is 0 Å². The summed E-state index contributed by atoms with van der Waals surface area (Å²) in [6.07, 6.45) is -5.06. The molecule has 2 N–H and O–H groups in total. The number of aliphatic hydroxyl groups excluding tert-OH is 1. The van der Waals surface area contributed by atoms with Gasteiger partial charge in [-0.05, 0) is 19.1 Å². The smallest absolute Gasteiger partial charge is 0.392 e.